The van der Waals surface area contributed by atoms with Gasteiger partial charge in [-0.25, -0.2) is 19.6 Å². The van der Waals surface area contributed by atoms with Crippen LogP contribution in [0.5, 0.6) is 0 Å². The molecule has 3 heterocycles. The van der Waals surface area contributed by atoms with E-state index in [1.807, 2.05) is 24.6 Å². The molecule has 0 atom stereocenters. The number of nitrogens with zero attached hydrogens (tertiary/aromatic N) is 4. The molecule has 3 rings (SSSR count). The number of amides is 4. The van der Waals surface area contributed by atoms with Gasteiger partial charge in [0.15, 0.2) is 10.3 Å². The Morgan fingerprint density at radius 3 is 1.68 bits per heavy atom. The molecular formula is C15H20N6O2S2. The second-order valence-electron chi connectivity index (χ2n) is 5.78. The van der Waals surface area contributed by atoms with Crippen molar-refractivity contribution in [2.75, 3.05) is 36.8 Å². The lowest BCUT2D eigenvalue weighted by molar-refractivity contribution is 0.205. The second-order valence-corrected chi connectivity index (χ2v) is 7.49. The summed E-state index contributed by atoms with van der Waals surface area (Å²) >= 11 is 2.81. The van der Waals surface area contributed by atoms with Crippen LogP contribution < -0.4 is 10.6 Å². The summed E-state index contributed by atoms with van der Waals surface area (Å²) in [5, 5.41) is 10.6. The van der Waals surface area contributed by atoms with Gasteiger partial charge in [-0.15, -0.1) is 22.7 Å². The van der Waals surface area contributed by atoms with Gasteiger partial charge in [0.1, 0.15) is 0 Å². The molecule has 10 heteroatoms. The third-order valence-corrected chi connectivity index (χ3v) is 5.49. The number of anilines is 2. The summed E-state index contributed by atoms with van der Waals surface area (Å²) in [5.74, 6) is 0. The van der Waals surface area contributed by atoms with Crippen LogP contribution in [0, 0.1) is 13.8 Å². The van der Waals surface area contributed by atoms with Crippen LogP contribution in [0.1, 0.15) is 17.8 Å². The SMILES string of the molecule is Cc1csc(NC(=O)N2CCCN(C(=O)Nc3nc(C)cs3)CC2)n1. The van der Waals surface area contributed by atoms with Gasteiger partial charge in [-0.3, -0.25) is 10.6 Å². The van der Waals surface area contributed by atoms with Gasteiger partial charge >= 0.3 is 12.1 Å². The molecular weight excluding hydrogens is 360 g/mol. The first-order chi connectivity index (χ1) is 12.0. The minimum atomic E-state index is -0.174. The summed E-state index contributed by atoms with van der Waals surface area (Å²) < 4.78 is 0. The fraction of sp³-hybridized carbons (Fsp3) is 0.467. The van der Waals surface area contributed by atoms with Gasteiger partial charge in [0.25, 0.3) is 0 Å². The molecule has 1 aliphatic rings. The molecule has 25 heavy (non-hydrogen) atoms. The minimum absolute atomic E-state index is 0.174. The highest BCUT2D eigenvalue weighted by atomic mass is 32.1. The number of aryl methyl sites for hydroxylation is 2. The topological polar surface area (TPSA) is 90.5 Å². The number of nitrogens with one attached hydrogen (secondary N) is 2. The van der Waals surface area contributed by atoms with Crippen molar-refractivity contribution in [2.24, 2.45) is 0 Å². The normalized spacial score (nSPS) is 15.0. The van der Waals surface area contributed by atoms with E-state index in [1.54, 1.807) is 9.80 Å². The highest BCUT2D eigenvalue weighted by Crippen LogP contribution is 2.17. The van der Waals surface area contributed by atoms with Crippen molar-refractivity contribution < 1.29 is 9.59 Å². The van der Waals surface area contributed by atoms with Gasteiger partial charge in [-0.2, -0.15) is 0 Å². The molecule has 2 N–H and O–H groups in total. The molecule has 2 aromatic rings. The molecule has 0 spiro atoms. The number of rotatable bonds is 2. The standard InChI is InChI=1S/C15H20N6O2S2/c1-10-8-24-12(16-10)18-14(22)20-4-3-5-21(7-6-20)15(23)19-13-17-11(2)9-25-13/h8-9H,3-7H2,1-2H3,(H,16,18,22)(H,17,19,23). The predicted octanol–water partition coefficient (Wildman–Crippen LogP) is 2.99. The van der Waals surface area contributed by atoms with Crippen molar-refractivity contribution in [1.29, 1.82) is 0 Å². The summed E-state index contributed by atoms with van der Waals surface area (Å²) in [6, 6.07) is -0.348. The van der Waals surface area contributed by atoms with E-state index in [1.165, 1.54) is 22.7 Å². The van der Waals surface area contributed by atoms with Gasteiger partial charge in [0.05, 0.1) is 11.4 Å². The van der Waals surface area contributed by atoms with E-state index < -0.39 is 0 Å². The maximum atomic E-state index is 12.4. The Kier molecular flexibility index (Phi) is 5.49. The molecule has 8 nitrogen and oxygen atoms in total. The van der Waals surface area contributed by atoms with Crippen LogP contribution in [0.3, 0.4) is 0 Å². The van der Waals surface area contributed by atoms with E-state index in [9.17, 15) is 9.59 Å². The monoisotopic (exact) mass is 380 g/mol. The quantitative estimate of drug-likeness (QED) is 0.838. The fourth-order valence-corrected chi connectivity index (χ4v) is 3.84. The molecule has 0 aromatic carbocycles. The van der Waals surface area contributed by atoms with Crippen molar-refractivity contribution in [3.8, 4) is 0 Å². The number of urea groups is 2. The first-order valence-electron chi connectivity index (χ1n) is 7.97. The zero-order chi connectivity index (χ0) is 17.8. The molecule has 0 radical (unpaired) electrons. The zero-order valence-electron chi connectivity index (χ0n) is 14.1. The van der Waals surface area contributed by atoms with E-state index in [4.69, 9.17) is 0 Å². The zero-order valence-corrected chi connectivity index (χ0v) is 15.7. The maximum absolute atomic E-state index is 12.4. The van der Waals surface area contributed by atoms with Crippen molar-refractivity contribution in [2.45, 2.75) is 20.3 Å². The van der Waals surface area contributed by atoms with E-state index in [2.05, 4.69) is 20.6 Å². The van der Waals surface area contributed by atoms with Gasteiger partial charge in [0, 0.05) is 36.9 Å². The van der Waals surface area contributed by atoms with Crippen LogP contribution in [0.15, 0.2) is 10.8 Å². The number of carbonyl (C=O) groups is 2. The number of hydrogen-bond donors (Lipinski definition) is 2. The van der Waals surface area contributed by atoms with E-state index in [0.717, 1.165) is 17.8 Å². The Bertz CT molecular complexity index is 697. The largest absolute Gasteiger partial charge is 0.323 e. The van der Waals surface area contributed by atoms with Crippen LogP contribution in [-0.4, -0.2) is 58.0 Å². The minimum Gasteiger partial charge on any atom is -0.323 e. The predicted molar refractivity (Wildman–Crippen MR) is 99.5 cm³/mol. The molecule has 2 aromatic heterocycles. The molecule has 4 amide bonds. The molecule has 134 valence electrons. The summed E-state index contributed by atoms with van der Waals surface area (Å²) in [4.78, 5) is 36.6. The third kappa shape index (κ3) is 4.67. The van der Waals surface area contributed by atoms with E-state index in [0.29, 0.717) is 36.4 Å². The first kappa shape index (κ1) is 17.6. The summed E-state index contributed by atoms with van der Waals surface area (Å²) in [6.07, 6.45) is 0.731. The Hall–Kier alpha value is -2.20. The third-order valence-electron chi connectivity index (χ3n) is 3.74. The Morgan fingerprint density at radius 2 is 1.32 bits per heavy atom. The Balaban J connectivity index is 1.52. The average Bonchev–Trinajstić information content (AvgIpc) is 3.07. The number of carbonyl (C=O) groups excluding carboxylic acids is 2. The summed E-state index contributed by atoms with van der Waals surface area (Å²) in [6.45, 7) is 5.96. The molecule has 0 unspecified atom stereocenters. The van der Waals surface area contributed by atoms with Crippen LogP contribution in [0.25, 0.3) is 0 Å². The maximum Gasteiger partial charge on any atom is 0.323 e. The average molecular weight is 380 g/mol. The lowest BCUT2D eigenvalue weighted by atomic mass is 10.4. The first-order valence-corrected chi connectivity index (χ1v) is 9.73. The Morgan fingerprint density at radius 1 is 0.880 bits per heavy atom. The Labute approximate surface area is 153 Å². The van der Waals surface area contributed by atoms with Crippen LogP contribution in [0.2, 0.25) is 0 Å². The highest BCUT2D eigenvalue weighted by Gasteiger charge is 2.23. The fourth-order valence-electron chi connectivity index (χ4n) is 2.49. The van der Waals surface area contributed by atoms with Gasteiger partial charge < -0.3 is 9.80 Å². The van der Waals surface area contributed by atoms with Crippen molar-refractivity contribution >= 4 is 45.0 Å². The molecule has 1 aliphatic heterocycles. The van der Waals surface area contributed by atoms with Gasteiger partial charge in [0.2, 0.25) is 0 Å². The van der Waals surface area contributed by atoms with Crippen LogP contribution in [-0.2, 0) is 0 Å². The molecule has 0 saturated carbocycles. The summed E-state index contributed by atoms with van der Waals surface area (Å²) in [7, 11) is 0. The van der Waals surface area contributed by atoms with Crippen molar-refractivity contribution in [3.05, 3.63) is 22.1 Å². The number of aromatic nitrogens is 2. The molecule has 0 bridgehead atoms. The molecule has 1 saturated heterocycles. The van der Waals surface area contributed by atoms with E-state index >= 15 is 0 Å². The van der Waals surface area contributed by atoms with Crippen molar-refractivity contribution in [3.63, 3.8) is 0 Å². The molecule has 1 fully saturated rings. The number of thiazole rings is 2. The van der Waals surface area contributed by atoms with Crippen molar-refractivity contribution in [1.82, 2.24) is 19.8 Å². The van der Waals surface area contributed by atoms with Crippen LogP contribution >= 0.6 is 22.7 Å². The van der Waals surface area contributed by atoms with E-state index in [-0.39, 0.29) is 12.1 Å². The second kappa shape index (κ2) is 7.79. The van der Waals surface area contributed by atoms with Crippen LogP contribution in [0.4, 0.5) is 19.9 Å². The summed E-state index contributed by atoms with van der Waals surface area (Å²) in [5.41, 5.74) is 1.77. The lowest BCUT2D eigenvalue weighted by Gasteiger charge is -2.22. The smallest absolute Gasteiger partial charge is 0.323 e. The van der Waals surface area contributed by atoms with Gasteiger partial charge in [-0.1, -0.05) is 0 Å². The lowest BCUT2D eigenvalue weighted by Crippen LogP contribution is -2.40. The highest BCUT2D eigenvalue weighted by molar-refractivity contribution is 7.14. The molecule has 0 aliphatic carbocycles. The van der Waals surface area contributed by atoms with Gasteiger partial charge in [-0.05, 0) is 20.3 Å². The number of hydrogen-bond acceptors (Lipinski definition) is 6.